The maximum Gasteiger partial charge on any atom is 0.338 e. The summed E-state index contributed by atoms with van der Waals surface area (Å²) < 4.78 is 20.5. The number of primary amides is 1. The molecule has 1 aliphatic heterocycles. The van der Waals surface area contributed by atoms with Crippen molar-refractivity contribution in [1.82, 2.24) is 0 Å². The molecule has 0 saturated carbocycles. The third kappa shape index (κ3) is 5.04. The van der Waals surface area contributed by atoms with Crippen molar-refractivity contribution >= 4 is 29.3 Å². The standard InChI is InChI=1S/C20H18N2O8/c1-11(23)14-6-16-17(30-10-29-16)7-15(14)22-19(25)9-28-20(26)12-2-4-13(5-3-12)27-8-18(21)24/h2-7H,8-10H2,1H3,(H2,21,24)(H,22,25). The van der Waals surface area contributed by atoms with Crippen LogP contribution in [0.1, 0.15) is 27.6 Å². The highest BCUT2D eigenvalue weighted by atomic mass is 16.7. The predicted molar refractivity (Wildman–Crippen MR) is 103 cm³/mol. The molecule has 30 heavy (non-hydrogen) atoms. The molecule has 0 spiro atoms. The predicted octanol–water partition coefficient (Wildman–Crippen LogP) is 1.28. The number of ketones is 1. The Balaban J connectivity index is 1.58. The molecule has 0 fully saturated rings. The summed E-state index contributed by atoms with van der Waals surface area (Å²) >= 11 is 0. The fraction of sp³-hybridized carbons (Fsp3) is 0.200. The average Bonchev–Trinajstić information content (AvgIpc) is 3.17. The van der Waals surface area contributed by atoms with Crippen LogP contribution in [0.4, 0.5) is 5.69 Å². The minimum Gasteiger partial charge on any atom is -0.484 e. The van der Waals surface area contributed by atoms with Gasteiger partial charge in [0.1, 0.15) is 5.75 Å². The largest absolute Gasteiger partial charge is 0.484 e. The minimum atomic E-state index is -0.732. The van der Waals surface area contributed by atoms with Crippen LogP contribution in [0.3, 0.4) is 0 Å². The van der Waals surface area contributed by atoms with E-state index in [9.17, 15) is 19.2 Å². The van der Waals surface area contributed by atoms with Crippen molar-refractivity contribution in [2.75, 3.05) is 25.3 Å². The van der Waals surface area contributed by atoms with E-state index in [0.29, 0.717) is 17.2 Å². The summed E-state index contributed by atoms with van der Waals surface area (Å²) in [5, 5.41) is 2.53. The topological polar surface area (TPSA) is 143 Å². The second kappa shape index (κ2) is 8.95. The minimum absolute atomic E-state index is 0.0219. The van der Waals surface area contributed by atoms with Gasteiger partial charge >= 0.3 is 5.97 Å². The van der Waals surface area contributed by atoms with Crippen molar-refractivity contribution in [3.8, 4) is 17.2 Å². The Bertz CT molecular complexity index is 1000. The van der Waals surface area contributed by atoms with E-state index in [0.717, 1.165) is 0 Å². The van der Waals surface area contributed by atoms with Gasteiger partial charge in [-0.1, -0.05) is 0 Å². The Morgan fingerprint density at radius 3 is 2.33 bits per heavy atom. The summed E-state index contributed by atoms with van der Waals surface area (Å²) in [6.07, 6.45) is 0. The van der Waals surface area contributed by atoms with Gasteiger partial charge in [0.25, 0.3) is 11.8 Å². The van der Waals surface area contributed by atoms with Crippen LogP contribution in [0.25, 0.3) is 0 Å². The zero-order valence-electron chi connectivity index (χ0n) is 15.9. The molecule has 0 aliphatic carbocycles. The summed E-state index contributed by atoms with van der Waals surface area (Å²) in [4.78, 5) is 46.8. The maximum absolute atomic E-state index is 12.2. The molecule has 0 saturated heterocycles. The van der Waals surface area contributed by atoms with Crippen LogP contribution in [0.2, 0.25) is 0 Å². The molecule has 10 nitrogen and oxygen atoms in total. The van der Waals surface area contributed by atoms with Crippen molar-refractivity contribution in [3.63, 3.8) is 0 Å². The van der Waals surface area contributed by atoms with E-state index in [1.165, 1.54) is 43.3 Å². The van der Waals surface area contributed by atoms with Gasteiger partial charge in [-0.15, -0.1) is 0 Å². The third-order valence-corrected chi connectivity index (χ3v) is 3.97. The van der Waals surface area contributed by atoms with Crippen molar-refractivity contribution < 1.29 is 38.1 Å². The Labute approximate surface area is 170 Å². The number of anilines is 1. The van der Waals surface area contributed by atoms with Gasteiger partial charge in [-0.2, -0.15) is 0 Å². The van der Waals surface area contributed by atoms with Gasteiger partial charge in [0.2, 0.25) is 6.79 Å². The van der Waals surface area contributed by atoms with Gasteiger partial charge in [0, 0.05) is 11.6 Å². The van der Waals surface area contributed by atoms with Gasteiger partial charge in [0.05, 0.1) is 11.3 Å². The summed E-state index contributed by atoms with van der Waals surface area (Å²) in [6, 6.07) is 8.72. The van der Waals surface area contributed by atoms with E-state index >= 15 is 0 Å². The molecule has 0 unspecified atom stereocenters. The second-order valence-corrected chi connectivity index (χ2v) is 6.21. The van der Waals surface area contributed by atoms with Crippen molar-refractivity contribution in [2.45, 2.75) is 6.92 Å². The lowest BCUT2D eigenvalue weighted by Crippen LogP contribution is -2.22. The van der Waals surface area contributed by atoms with Crippen LogP contribution in [0, 0.1) is 0 Å². The number of carbonyl (C=O) groups excluding carboxylic acids is 4. The lowest BCUT2D eigenvalue weighted by molar-refractivity contribution is -0.120. The number of fused-ring (bicyclic) bond motifs is 1. The Hall–Kier alpha value is -4.08. The smallest absolute Gasteiger partial charge is 0.338 e. The number of carbonyl (C=O) groups is 4. The van der Waals surface area contributed by atoms with Crippen LogP contribution < -0.4 is 25.3 Å². The molecule has 3 rings (SSSR count). The van der Waals surface area contributed by atoms with E-state index in [4.69, 9.17) is 24.7 Å². The number of hydrogen-bond acceptors (Lipinski definition) is 8. The summed E-state index contributed by atoms with van der Waals surface area (Å²) in [5.41, 5.74) is 5.64. The van der Waals surface area contributed by atoms with E-state index in [2.05, 4.69) is 5.32 Å². The Kier molecular flexibility index (Phi) is 6.16. The number of amides is 2. The molecule has 1 aliphatic rings. The molecule has 0 radical (unpaired) electrons. The first kappa shape index (κ1) is 20.6. The summed E-state index contributed by atoms with van der Waals surface area (Å²) in [7, 11) is 0. The molecule has 2 amide bonds. The number of nitrogens with two attached hydrogens (primary N) is 1. The molecule has 2 aromatic carbocycles. The molecule has 0 aromatic heterocycles. The normalized spacial score (nSPS) is 11.5. The van der Waals surface area contributed by atoms with Crippen LogP contribution in [-0.2, 0) is 14.3 Å². The zero-order valence-corrected chi connectivity index (χ0v) is 15.9. The maximum atomic E-state index is 12.2. The number of Topliss-reactive ketones (excluding diaryl/α,β-unsaturated/α-hetero) is 1. The van der Waals surface area contributed by atoms with Crippen LogP contribution in [0.15, 0.2) is 36.4 Å². The Morgan fingerprint density at radius 1 is 1.03 bits per heavy atom. The molecule has 3 N–H and O–H groups in total. The summed E-state index contributed by atoms with van der Waals surface area (Å²) in [6.45, 7) is 0.523. The Morgan fingerprint density at radius 2 is 1.70 bits per heavy atom. The highest BCUT2D eigenvalue weighted by Crippen LogP contribution is 2.37. The first-order chi connectivity index (χ1) is 14.3. The molecule has 0 bridgehead atoms. The highest BCUT2D eigenvalue weighted by molar-refractivity contribution is 6.05. The lowest BCUT2D eigenvalue weighted by atomic mass is 10.1. The van der Waals surface area contributed by atoms with E-state index in [-0.39, 0.29) is 36.0 Å². The SMILES string of the molecule is CC(=O)c1cc2c(cc1NC(=O)COC(=O)c1ccc(OCC(N)=O)cc1)OCO2. The van der Waals surface area contributed by atoms with Crippen LogP contribution in [-0.4, -0.2) is 43.6 Å². The van der Waals surface area contributed by atoms with Crippen LogP contribution in [0.5, 0.6) is 17.2 Å². The van der Waals surface area contributed by atoms with E-state index in [1.807, 2.05) is 0 Å². The molecule has 2 aromatic rings. The number of esters is 1. The molecule has 10 heteroatoms. The fourth-order valence-corrected chi connectivity index (χ4v) is 2.58. The highest BCUT2D eigenvalue weighted by Gasteiger charge is 2.21. The van der Waals surface area contributed by atoms with E-state index < -0.39 is 24.4 Å². The molecular weight excluding hydrogens is 396 g/mol. The quantitative estimate of drug-likeness (QED) is 0.486. The number of nitrogens with one attached hydrogen (secondary N) is 1. The lowest BCUT2D eigenvalue weighted by Gasteiger charge is -2.11. The van der Waals surface area contributed by atoms with E-state index in [1.54, 1.807) is 0 Å². The van der Waals surface area contributed by atoms with Gasteiger partial charge in [-0.05, 0) is 37.3 Å². The third-order valence-electron chi connectivity index (χ3n) is 3.97. The number of rotatable bonds is 8. The molecule has 1 heterocycles. The second-order valence-electron chi connectivity index (χ2n) is 6.21. The monoisotopic (exact) mass is 414 g/mol. The number of hydrogen-bond donors (Lipinski definition) is 2. The fourth-order valence-electron chi connectivity index (χ4n) is 2.58. The molecule has 156 valence electrons. The van der Waals surface area contributed by atoms with Gasteiger partial charge < -0.3 is 30.0 Å². The summed E-state index contributed by atoms with van der Waals surface area (Å²) in [5.74, 6) is -1.11. The molecular formula is C20H18N2O8. The van der Waals surface area contributed by atoms with Crippen LogP contribution >= 0.6 is 0 Å². The zero-order chi connectivity index (χ0) is 21.7. The van der Waals surface area contributed by atoms with Crippen molar-refractivity contribution in [2.24, 2.45) is 5.73 Å². The molecule has 0 atom stereocenters. The van der Waals surface area contributed by atoms with Gasteiger partial charge in [-0.25, -0.2) is 4.79 Å². The van der Waals surface area contributed by atoms with Gasteiger partial charge in [-0.3, -0.25) is 14.4 Å². The first-order valence-corrected chi connectivity index (χ1v) is 8.76. The number of benzene rings is 2. The number of ether oxygens (including phenoxy) is 4. The average molecular weight is 414 g/mol. The van der Waals surface area contributed by atoms with Crippen molar-refractivity contribution in [3.05, 3.63) is 47.5 Å². The van der Waals surface area contributed by atoms with Crippen molar-refractivity contribution in [1.29, 1.82) is 0 Å². The first-order valence-electron chi connectivity index (χ1n) is 8.76. The van der Waals surface area contributed by atoms with Gasteiger partial charge in [0.15, 0.2) is 30.5 Å².